The van der Waals surface area contributed by atoms with Crippen molar-refractivity contribution < 1.29 is 4.79 Å². The molecule has 6 nitrogen and oxygen atoms in total. The molecule has 0 spiro atoms. The molecule has 0 fully saturated rings. The third kappa shape index (κ3) is 5.92. The molecule has 0 saturated carbocycles. The largest absolute Gasteiger partial charge is 0.368 e. The number of hydrogen-bond acceptors (Lipinski definition) is 3. The van der Waals surface area contributed by atoms with Crippen molar-refractivity contribution in [3.63, 3.8) is 0 Å². The van der Waals surface area contributed by atoms with Crippen molar-refractivity contribution in [1.29, 1.82) is 0 Å². The molecule has 1 atom stereocenters. The van der Waals surface area contributed by atoms with Crippen molar-refractivity contribution in [3.05, 3.63) is 106 Å². The highest BCUT2D eigenvalue weighted by Crippen LogP contribution is 2.29. The Bertz CT molecular complexity index is 1160. The number of hydrazone groups is 1. The summed E-state index contributed by atoms with van der Waals surface area (Å²) in [4.78, 5) is 16.2. The van der Waals surface area contributed by atoms with Crippen LogP contribution < -0.4 is 11.1 Å². The maximum atomic E-state index is 11.5. The molecule has 1 unspecified atom stereocenters. The Hall–Kier alpha value is -3.35. The molecule has 1 heterocycles. The lowest BCUT2D eigenvalue weighted by Gasteiger charge is -2.19. The van der Waals surface area contributed by atoms with Crippen LogP contribution in [0.5, 0.6) is 0 Å². The summed E-state index contributed by atoms with van der Waals surface area (Å²) in [6, 6.07) is 25.3. The number of amides is 1. The van der Waals surface area contributed by atoms with Gasteiger partial charge in [0.05, 0.1) is 25.3 Å². The summed E-state index contributed by atoms with van der Waals surface area (Å²) in [5.41, 5.74) is 9.38. The van der Waals surface area contributed by atoms with Gasteiger partial charge in [0.25, 0.3) is 0 Å². The van der Waals surface area contributed by atoms with Gasteiger partial charge < -0.3 is 11.1 Å². The first-order valence-electron chi connectivity index (χ1n) is 10.5. The van der Waals surface area contributed by atoms with Crippen molar-refractivity contribution in [2.24, 2.45) is 15.8 Å². The highest BCUT2D eigenvalue weighted by Gasteiger charge is 2.31. The molecular formula is C25H23Cl2N5O. The fourth-order valence-electron chi connectivity index (χ4n) is 3.61. The van der Waals surface area contributed by atoms with E-state index in [1.54, 1.807) is 5.01 Å². The minimum absolute atomic E-state index is 0.0171. The third-order valence-corrected chi connectivity index (χ3v) is 5.75. The topological polar surface area (TPSA) is 83.1 Å². The summed E-state index contributed by atoms with van der Waals surface area (Å²) < 4.78 is 0. The Balaban J connectivity index is 1.67. The number of guanidine groups is 1. The molecule has 33 heavy (non-hydrogen) atoms. The van der Waals surface area contributed by atoms with Crippen molar-refractivity contribution >= 4 is 40.8 Å². The lowest BCUT2D eigenvalue weighted by atomic mass is 9.91. The quantitative estimate of drug-likeness (QED) is 0.405. The average molecular weight is 480 g/mol. The summed E-state index contributed by atoms with van der Waals surface area (Å²) >= 11 is 12.1. The van der Waals surface area contributed by atoms with Gasteiger partial charge in [0, 0.05) is 16.0 Å². The summed E-state index contributed by atoms with van der Waals surface area (Å²) in [5.74, 6) is 0.0204. The van der Waals surface area contributed by atoms with Gasteiger partial charge in [-0.25, -0.2) is 10.0 Å². The van der Waals surface area contributed by atoms with Crippen molar-refractivity contribution in [1.82, 2.24) is 10.3 Å². The Morgan fingerprint density at radius 3 is 2.27 bits per heavy atom. The first kappa shape index (κ1) is 22.8. The van der Waals surface area contributed by atoms with Crippen LogP contribution in [0.1, 0.15) is 22.6 Å². The van der Waals surface area contributed by atoms with E-state index in [0.29, 0.717) is 29.1 Å². The number of carbonyl (C=O) groups is 1. The van der Waals surface area contributed by atoms with Gasteiger partial charge in [-0.05, 0) is 41.0 Å². The number of nitrogens with two attached hydrogens (primary N) is 1. The molecule has 1 aliphatic heterocycles. The summed E-state index contributed by atoms with van der Waals surface area (Å²) in [6.07, 6.45) is 0. The number of aliphatic imine (C=N–C) groups is 1. The molecule has 3 N–H and O–H groups in total. The van der Waals surface area contributed by atoms with E-state index in [1.807, 2.05) is 66.7 Å². The lowest BCUT2D eigenvalue weighted by Crippen LogP contribution is -2.42. The molecule has 3 aromatic rings. The zero-order valence-corrected chi connectivity index (χ0v) is 19.3. The number of benzene rings is 3. The highest BCUT2D eigenvalue weighted by molar-refractivity contribution is 6.31. The number of nitrogens with zero attached hydrogens (tertiary/aromatic N) is 3. The highest BCUT2D eigenvalue weighted by atomic mass is 35.5. The molecule has 0 radical (unpaired) electrons. The van der Waals surface area contributed by atoms with Crippen LogP contribution in [-0.2, 0) is 11.3 Å². The predicted octanol–water partition coefficient (Wildman–Crippen LogP) is 4.43. The normalized spacial score (nSPS) is 15.9. The Kier molecular flexibility index (Phi) is 7.27. The van der Waals surface area contributed by atoms with Gasteiger partial charge in [0.1, 0.15) is 0 Å². The fraction of sp³-hybridized carbons (Fsp3) is 0.160. The van der Waals surface area contributed by atoms with Gasteiger partial charge >= 0.3 is 0 Å². The SMILES string of the molecule is NC(=O)CN/C(=N\Cc1ccc(Cl)cc1)N1CC(c2ccccc2)C(c2ccc(Cl)cc2)=N1. The summed E-state index contributed by atoms with van der Waals surface area (Å²) in [5, 5.41) is 11.1. The van der Waals surface area contributed by atoms with Crippen molar-refractivity contribution in [3.8, 4) is 0 Å². The summed E-state index contributed by atoms with van der Waals surface area (Å²) in [7, 11) is 0. The third-order valence-electron chi connectivity index (χ3n) is 5.25. The molecule has 168 valence electrons. The van der Waals surface area contributed by atoms with Gasteiger partial charge in [0.2, 0.25) is 11.9 Å². The second-order valence-corrected chi connectivity index (χ2v) is 8.50. The van der Waals surface area contributed by atoms with Crippen LogP contribution in [0.25, 0.3) is 0 Å². The van der Waals surface area contributed by atoms with Crippen molar-refractivity contribution in [2.45, 2.75) is 12.5 Å². The molecule has 0 aliphatic carbocycles. The second kappa shape index (κ2) is 10.5. The van der Waals surface area contributed by atoms with Gasteiger partial charge in [-0.15, -0.1) is 0 Å². The molecule has 8 heteroatoms. The number of nitrogens with one attached hydrogen (secondary N) is 1. The minimum atomic E-state index is -0.477. The zero-order valence-electron chi connectivity index (χ0n) is 17.8. The molecule has 4 rings (SSSR count). The van der Waals surface area contributed by atoms with Crippen LogP contribution in [0.2, 0.25) is 10.0 Å². The standard InChI is InChI=1S/C25H23Cl2N5O/c26-20-10-6-17(7-11-20)14-29-25(30-15-23(28)33)32-16-22(18-4-2-1-3-5-18)24(31-32)19-8-12-21(27)13-9-19/h1-13,22H,14-16H2,(H2,28,33)(H,29,30). The number of carbonyl (C=O) groups excluding carboxylic acids is 1. The Labute approximate surface area is 202 Å². The maximum absolute atomic E-state index is 11.5. The van der Waals surface area contributed by atoms with Crippen molar-refractivity contribution in [2.75, 3.05) is 13.1 Å². The molecule has 0 bridgehead atoms. The molecule has 1 aliphatic rings. The minimum Gasteiger partial charge on any atom is -0.368 e. The fourth-order valence-corrected chi connectivity index (χ4v) is 3.86. The van der Waals surface area contributed by atoms with E-state index in [4.69, 9.17) is 39.0 Å². The number of primary amides is 1. The van der Waals surface area contributed by atoms with Crippen LogP contribution in [0.15, 0.2) is 89.0 Å². The van der Waals surface area contributed by atoms with Crippen LogP contribution in [0, 0.1) is 0 Å². The molecule has 1 amide bonds. The molecular weight excluding hydrogens is 457 g/mol. The van der Waals surface area contributed by atoms with E-state index in [0.717, 1.165) is 22.4 Å². The Morgan fingerprint density at radius 2 is 1.64 bits per heavy atom. The zero-order chi connectivity index (χ0) is 23.2. The first-order chi connectivity index (χ1) is 16.0. The lowest BCUT2D eigenvalue weighted by molar-refractivity contribution is -0.117. The number of halogens is 2. The van der Waals surface area contributed by atoms with E-state index in [1.165, 1.54) is 0 Å². The second-order valence-electron chi connectivity index (χ2n) is 7.62. The monoisotopic (exact) mass is 479 g/mol. The van der Waals surface area contributed by atoms with Gasteiger partial charge in [0.15, 0.2) is 0 Å². The van der Waals surface area contributed by atoms with E-state index in [2.05, 4.69) is 17.4 Å². The Morgan fingerprint density at radius 1 is 1.00 bits per heavy atom. The van der Waals surface area contributed by atoms with Crippen LogP contribution >= 0.6 is 23.2 Å². The summed E-state index contributed by atoms with van der Waals surface area (Å²) in [6.45, 7) is 0.918. The first-order valence-corrected chi connectivity index (χ1v) is 11.2. The van der Waals surface area contributed by atoms with E-state index >= 15 is 0 Å². The maximum Gasteiger partial charge on any atom is 0.236 e. The van der Waals surface area contributed by atoms with E-state index < -0.39 is 5.91 Å². The molecule has 3 aromatic carbocycles. The van der Waals surface area contributed by atoms with Crippen LogP contribution in [-0.4, -0.2) is 35.7 Å². The van der Waals surface area contributed by atoms with Gasteiger partial charge in [-0.3, -0.25) is 4.79 Å². The average Bonchev–Trinajstić information content (AvgIpc) is 3.26. The van der Waals surface area contributed by atoms with E-state index in [9.17, 15) is 4.79 Å². The number of rotatable bonds is 6. The smallest absolute Gasteiger partial charge is 0.236 e. The van der Waals surface area contributed by atoms with Crippen LogP contribution in [0.3, 0.4) is 0 Å². The number of hydrogen-bond donors (Lipinski definition) is 2. The predicted molar refractivity (Wildman–Crippen MR) is 134 cm³/mol. The molecule has 0 aromatic heterocycles. The van der Waals surface area contributed by atoms with Gasteiger partial charge in [-0.2, -0.15) is 5.10 Å². The molecule has 0 saturated heterocycles. The van der Waals surface area contributed by atoms with E-state index in [-0.39, 0.29) is 12.5 Å². The van der Waals surface area contributed by atoms with Gasteiger partial charge in [-0.1, -0.05) is 77.8 Å². The van der Waals surface area contributed by atoms with Crippen LogP contribution in [0.4, 0.5) is 0 Å².